The molecule has 8 nitrogen and oxygen atoms in total. The maximum atomic E-state index is 12.8. The van der Waals surface area contributed by atoms with Gasteiger partial charge in [0.25, 0.3) is 5.91 Å². The van der Waals surface area contributed by atoms with E-state index in [1.807, 2.05) is 0 Å². The molecule has 1 aromatic carbocycles. The summed E-state index contributed by atoms with van der Waals surface area (Å²) in [6, 6.07) is 4.34. The number of hydrogen-bond donors (Lipinski definition) is 1. The fourth-order valence-corrected chi connectivity index (χ4v) is 3.41. The highest BCUT2D eigenvalue weighted by Crippen LogP contribution is 2.11. The Labute approximate surface area is 150 Å². The minimum Gasteiger partial charge on any atom is -0.456 e. The number of rotatable bonds is 8. The Bertz CT molecular complexity index is 778. The summed E-state index contributed by atoms with van der Waals surface area (Å²) in [6.45, 7) is -0.195. The number of carbonyl (C=O) groups excluding carboxylic acids is 3. The molecule has 1 aromatic rings. The molecule has 1 fully saturated rings. The first-order valence-corrected chi connectivity index (χ1v) is 9.52. The number of nitrogens with zero attached hydrogens (tertiary/aromatic N) is 1. The summed E-state index contributed by atoms with van der Waals surface area (Å²) in [5, 5.41) is 0. The van der Waals surface area contributed by atoms with Crippen LogP contribution in [0.15, 0.2) is 29.2 Å². The lowest BCUT2D eigenvalue weighted by atomic mass is 10.3. The molecule has 0 aromatic heterocycles. The second-order valence-corrected chi connectivity index (χ2v) is 7.43. The van der Waals surface area contributed by atoms with E-state index in [0.717, 1.165) is 29.2 Å². The average Bonchev–Trinajstić information content (AvgIpc) is 3.03. The minimum absolute atomic E-state index is 0.0205. The Kier molecular flexibility index (Phi) is 6.81. The van der Waals surface area contributed by atoms with Gasteiger partial charge in [-0.15, -0.1) is 0 Å². The first-order valence-electron chi connectivity index (χ1n) is 8.03. The van der Waals surface area contributed by atoms with E-state index < -0.39 is 34.3 Å². The standard InChI is InChI=1S/C16H19FN2O6S/c17-12-5-7-13(8-6-12)26(23,24)18-9-1-4-16(22)25-11-15(21)19-10-2-3-14(19)20/h5-8,18H,1-4,9-11H2. The van der Waals surface area contributed by atoms with E-state index in [-0.39, 0.29) is 30.2 Å². The van der Waals surface area contributed by atoms with Crippen LogP contribution >= 0.6 is 0 Å². The molecule has 1 aliphatic heterocycles. The normalized spacial score (nSPS) is 14.5. The van der Waals surface area contributed by atoms with Crippen LogP contribution in [0.2, 0.25) is 0 Å². The molecule has 2 amide bonds. The van der Waals surface area contributed by atoms with Gasteiger partial charge < -0.3 is 4.74 Å². The van der Waals surface area contributed by atoms with Gasteiger partial charge in [0.2, 0.25) is 15.9 Å². The topological polar surface area (TPSA) is 110 Å². The van der Waals surface area contributed by atoms with E-state index in [0.29, 0.717) is 19.4 Å². The number of sulfonamides is 1. The van der Waals surface area contributed by atoms with E-state index >= 15 is 0 Å². The lowest BCUT2D eigenvalue weighted by Crippen LogP contribution is -2.35. The summed E-state index contributed by atoms with van der Waals surface area (Å²) in [7, 11) is -3.78. The monoisotopic (exact) mass is 386 g/mol. The van der Waals surface area contributed by atoms with Crippen LogP contribution in [-0.4, -0.2) is 50.8 Å². The van der Waals surface area contributed by atoms with E-state index in [9.17, 15) is 27.2 Å². The maximum absolute atomic E-state index is 12.8. The Morgan fingerprint density at radius 2 is 1.92 bits per heavy atom. The third-order valence-electron chi connectivity index (χ3n) is 3.70. The number of benzene rings is 1. The van der Waals surface area contributed by atoms with Gasteiger partial charge in [0.1, 0.15) is 5.82 Å². The summed E-state index contributed by atoms with van der Waals surface area (Å²) < 4.78 is 43.8. The van der Waals surface area contributed by atoms with Crippen LogP contribution in [0.25, 0.3) is 0 Å². The van der Waals surface area contributed by atoms with E-state index in [4.69, 9.17) is 4.74 Å². The minimum atomic E-state index is -3.78. The number of likely N-dealkylation sites (tertiary alicyclic amines) is 1. The molecule has 1 heterocycles. The summed E-state index contributed by atoms with van der Waals surface area (Å²) in [6.07, 6.45) is 0.990. The molecule has 0 spiro atoms. The van der Waals surface area contributed by atoms with Crippen molar-refractivity contribution in [2.75, 3.05) is 19.7 Å². The van der Waals surface area contributed by atoms with Gasteiger partial charge in [-0.05, 0) is 37.1 Å². The van der Waals surface area contributed by atoms with Crippen LogP contribution in [0.3, 0.4) is 0 Å². The van der Waals surface area contributed by atoms with Crippen molar-refractivity contribution in [1.29, 1.82) is 0 Å². The van der Waals surface area contributed by atoms with Crippen molar-refractivity contribution in [3.63, 3.8) is 0 Å². The van der Waals surface area contributed by atoms with E-state index in [2.05, 4.69) is 4.72 Å². The molecule has 26 heavy (non-hydrogen) atoms. The average molecular weight is 386 g/mol. The summed E-state index contributed by atoms with van der Waals surface area (Å²) in [5.41, 5.74) is 0. The van der Waals surface area contributed by atoms with Gasteiger partial charge in [0.05, 0.1) is 4.90 Å². The second kappa shape index (κ2) is 8.86. The SMILES string of the molecule is O=C(CCCNS(=O)(=O)c1ccc(F)cc1)OCC(=O)N1CCCC1=O. The van der Waals surface area contributed by atoms with Gasteiger partial charge in [0, 0.05) is 25.9 Å². The highest BCUT2D eigenvalue weighted by atomic mass is 32.2. The van der Waals surface area contributed by atoms with Crippen molar-refractivity contribution in [2.45, 2.75) is 30.6 Å². The molecule has 1 saturated heterocycles. The van der Waals surface area contributed by atoms with Crippen molar-refractivity contribution in [3.05, 3.63) is 30.1 Å². The first kappa shape index (κ1) is 20.0. The molecular weight excluding hydrogens is 367 g/mol. The quantitative estimate of drug-likeness (QED) is 0.517. The van der Waals surface area contributed by atoms with Crippen molar-refractivity contribution in [3.8, 4) is 0 Å². The zero-order valence-electron chi connectivity index (χ0n) is 13.9. The second-order valence-electron chi connectivity index (χ2n) is 5.66. The molecule has 1 aliphatic rings. The fourth-order valence-electron chi connectivity index (χ4n) is 2.34. The molecule has 0 unspecified atom stereocenters. The van der Waals surface area contributed by atoms with E-state index in [1.54, 1.807) is 0 Å². The highest BCUT2D eigenvalue weighted by molar-refractivity contribution is 7.89. The Morgan fingerprint density at radius 3 is 2.54 bits per heavy atom. The predicted octanol–water partition coefficient (Wildman–Crippen LogP) is 0.576. The maximum Gasteiger partial charge on any atom is 0.306 e. The van der Waals surface area contributed by atoms with Gasteiger partial charge >= 0.3 is 5.97 Å². The van der Waals surface area contributed by atoms with Crippen LogP contribution in [0.4, 0.5) is 4.39 Å². The third-order valence-corrected chi connectivity index (χ3v) is 5.18. The molecule has 1 N–H and O–H groups in total. The lowest BCUT2D eigenvalue weighted by Gasteiger charge is -2.13. The van der Waals surface area contributed by atoms with Crippen LogP contribution in [-0.2, 0) is 29.1 Å². The Morgan fingerprint density at radius 1 is 1.23 bits per heavy atom. The van der Waals surface area contributed by atoms with Gasteiger partial charge in [0.15, 0.2) is 6.61 Å². The predicted molar refractivity (Wildman–Crippen MR) is 87.7 cm³/mol. The van der Waals surface area contributed by atoms with Crippen molar-refractivity contribution >= 4 is 27.8 Å². The number of esters is 1. The van der Waals surface area contributed by atoms with Crippen molar-refractivity contribution in [2.24, 2.45) is 0 Å². The molecule has 0 bridgehead atoms. The van der Waals surface area contributed by atoms with Crippen molar-refractivity contribution in [1.82, 2.24) is 9.62 Å². The molecule has 0 atom stereocenters. The molecule has 10 heteroatoms. The van der Waals surface area contributed by atoms with Gasteiger partial charge in [-0.2, -0.15) is 0 Å². The molecular formula is C16H19FN2O6S. The lowest BCUT2D eigenvalue weighted by molar-refractivity contribution is -0.154. The molecule has 2 rings (SSSR count). The summed E-state index contributed by atoms with van der Waals surface area (Å²) in [5.74, 6) is -2.04. The molecule has 0 radical (unpaired) electrons. The third kappa shape index (κ3) is 5.60. The van der Waals surface area contributed by atoms with Crippen molar-refractivity contribution < 1.29 is 31.9 Å². The smallest absolute Gasteiger partial charge is 0.306 e. The van der Waals surface area contributed by atoms with Gasteiger partial charge in [-0.25, -0.2) is 17.5 Å². The van der Waals surface area contributed by atoms with Crippen LogP contribution in [0.5, 0.6) is 0 Å². The van der Waals surface area contributed by atoms with Gasteiger partial charge in [-0.3, -0.25) is 19.3 Å². The number of nitrogens with one attached hydrogen (secondary N) is 1. The van der Waals surface area contributed by atoms with Gasteiger partial charge in [-0.1, -0.05) is 0 Å². The fraction of sp³-hybridized carbons (Fsp3) is 0.438. The number of imide groups is 1. The zero-order chi connectivity index (χ0) is 19.2. The number of hydrogen-bond acceptors (Lipinski definition) is 6. The highest BCUT2D eigenvalue weighted by Gasteiger charge is 2.26. The molecule has 0 aliphatic carbocycles. The zero-order valence-corrected chi connectivity index (χ0v) is 14.8. The van der Waals surface area contributed by atoms with E-state index in [1.165, 1.54) is 0 Å². The van der Waals surface area contributed by atoms with Crippen LogP contribution < -0.4 is 4.72 Å². The molecule has 142 valence electrons. The number of carbonyl (C=O) groups is 3. The number of amides is 2. The van der Waals surface area contributed by atoms with Crippen LogP contribution in [0.1, 0.15) is 25.7 Å². The van der Waals surface area contributed by atoms with Crippen LogP contribution in [0, 0.1) is 5.82 Å². The largest absolute Gasteiger partial charge is 0.456 e. The summed E-state index contributed by atoms with van der Waals surface area (Å²) in [4.78, 5) is 35.6. The first-order chi connectivity index (χ1) is 12.3. The number of ether oxygens (including phenoxy) is 1. The Balaban J connectivity index is 1.67. The summed E-state index contributed by atoms with van der Waals surface area (Å²) >= 11 is 0. The Hall–Kier alpha value is -2.33. The molecule has 0 saturated carbocycles. The number of halogens is 1.